The molecule has 0 spiro atoms. The molecule has 0 bridgehead atoms. The van der Waals surface area contributed by atoms with E-state index in [9.17, 15) is 16.8 Å². The van der Waals surface area contributed by atoms with Crippen molar-refractivity contribution < 1.29 is 16.8 Å². The van der Waals surface area contributed by atoms with Crippen molar-refractivity contribution in [2.24, 2.45) is 11.1 Å². The Labute approximate surface area is 102 Å². The summed E-state index contributed by atoms with van der Waals surface area (Å²) < 4.78 is 47.8. The van der Waals surface area contributed by atoms with Crippen molar-refractivity contribution in [2.75, 3.05) is 18.8 Å². The molecular formula is C9H18N2O4S2. The Kier molecular flexibility index (Phi) is 3.50. The Morgan fingerprint density at radius 3 is 2.29 bits per heavy atom. The lowest BCUT2D eigenvalue weighted by molar-refractivity contribution is 0.345. The Bertz CT molecular complexity index is 481. The van der Waals surface area contributed by atoms with Crippen LogP contribution in [0.5, 0.6) is 0 Å². The molecular weight excluding hydrogens is 264 g/mol. The Balaban J connectivity index is 2.06. The van der Waals surface area contributed by atoms with Gasteiger partial charge < -0.3 is 0 Å². The monoisotopic (exact) mass is 282 g/mol. The number of hydrogen-bond donors (Lipinski definition) is 1. The van der Waals surface area contributed by atoms with Gasteiger partial charge in [-0.3, -0.25) is 0 Å². The van der Waals surface area contributed by atoms with Crippen molar-refractivity contribution in [1.82, 2.24) is 4.31 Å². The zero-order valence-electron chi connectivity index (χ0n) is 9.58. The number of piperidine rings is 1. The van der Waals surface area contributed by atoms with E-state index in [2.05, 4.69) is 0 Å². The van der Waals surface area contributed by atoms with Gasteiger partial charge in [-0.15, -0.1) is 0 Å². The molecule has 0 radical (unpaired) electrons. The molecule has 1 aliphatic heterocycles. The van der Waals surface area contributed by atoms with Gasteiger partial charge in [-0.05, 0) is 31.6 Å². The highest BCUT2D eigenvalue weighted by atomic mass is 32.2. The van der Waals surface area contributed by atoms with Crippen LogP contribution in [0.3, 0.4) is 0 Å². The highest BCUT2D eigenvalue weighted by Crippen LogP contribution is 2.32. The fraction of sp³-hybridized carbons (Fsp3) is 1.00. The smallest absolute Gasteiger partial charge is 0.214 e. The van der Waals surface area contributed by atoms with Gasteiger partial charge in [0.15, 0.2) is 0 Å². The number of nitrogens with two attached hydrogens (primary N) is 1. The molecule has 1 atom stereocenters. The molecule has 2 aliphatic rings. The van der Waals surface area contributed by atoms with Crippen LogP contribution in [0.1, 0.15) is 25.7 Å². The maximum atomic E-state index is 12.0. The van der Waals surface area contributed by atoms with E-state index in [0.717, 1.165) is 12.8 Å². The van der Waals surface area contributed by atoms with Crippen LogP contribution < -0.4 is 5.14 Å². The summed E-state index contributed by atoms with van der Waals surface area (Å²) in [6.45, 7) is 0.439. The molecule has 2 rings (SSSR count). The molecule has 1 saturated carbocycles. The number of primary sulfonamides is 1. The summed E-state index contributed by atoms with van der Waals surface area (Å²) in [6.07, 6.45) is 2.94. The Morgan fingerprint density at radius 1 is 1.12 bits per heavy atom. The van der Waals surface area contributed by atoms with Gasteiger partial charge >= 0.3 is 0 Å². The average molecular weight is 282 g/mol. The van der Waals surface area contributed by atoms with Gasteiger partial charge in [-0.25, -0.2) is 26.3 Å². The zero-order valence-corrected chi connectivity index (χ0v) is 11.2. The Hall–Kier alpha value is -0.180. The average Bonchev–Trinajstić information content (AvgIpc) is 3.00. The van der Waals surface area contributed by atoms with E-state index < -0.39 is 25.3 Å². The van der Waals surface area contributed by atoms with Gasteiger partial charge in [0.25, 0.3) is 0 Å². The molecule has 1 saturated heterocycles. The minimum Gasteiger partial charge on any atom is -0.228 e. The normalized spacial score (nSPS) is 28.2. The van der Waals surface area contributed by atoms with Crippen LogP contribution in [0.25, 0.3) is 0 Å². The molecule has 8 heteroatoms. The van der Waals surface area contributed by atoms with Crippen molar-refractivity contribution in [2.45, 2.75) is 30.9 Å². The molecule has 1 aliphatic carbocycles. The maximum absolute atomic E-state index is 12.0. The molecule has 2 fully saturated rings. The number of hydrogen-bond acceptors (Lipinski definition) is 4. The minimum absolute atomic E-state index is 0.0217. The molecule has 100 valence electrons. The summed E-state index contributed by atoms with van der Waals surface area (Å²) in [7, 11) is -6.94. The molecule has 17 heavy (non-hydrogen) atoms. The predicted molar refractivity (Wildman–Crippen MR) is 64.2 cm³/mol. The molecule has 6 nitrogen and oxygen atoms in total. The van der Waals surface area contributed by atoms with Crippen LogP contribution in [0.15, 0.2) is 0 Å². The summed E-state index contributed by atoms with van der Waals surface area (Å²) in [5.74, 6) is 0.430. The lowest BCUT2D eigenvalue weighted by atomic mass is 10.2. The van der Waals surface area contributed by atoms with Crippen molar-refractivity contribution in [3.8, 4) is 0 Å². The van der Waals surface area contributed by atoms with E-state index in [1.54, 1.807) is 0 Å². The van der Waals surface area contributed by atoms with Crippen molar-refractivity contribution in [1.29, 1.82) is 0 Å². The minimum atomic E-state index is -3.64. The third-order valence-corrected chi connectivity index (χ3v) is 6.67. The molecule has 0 aromatic rings. The van der Waals surface area contributed by atoms with E-state index in [4.69, 9.17) is 5.14 Å². The highest BCUT2D eigenvalue weighted by Gasteiger charge is 2.37. The fourth-order valence-electron chi connectivity index (χ4n) is 2.11. The van der Waals surface area contributed by atoms with Gasteiger partial charge in [0.05, 0.1) is 11.0 Å². The van der Waals surface area contributed by atoms with Crippen LogP contribution in [0, 0.1) is 5.92 Å². The van der Waals surface area contributed by atoms with E-state index in [-0.39, 0.29) is 18.2 Å². The number of rotatable bonds is 4. The molecule has 0 aromatic heterocycles. The topological polar surface area (TPSA) is 97.5 Å². The molecule has 2 N–H and O–H groups in total. The number of nitrogens with zero attached hydrogens (tertiary/aromatic N) is 1. The Morgan fingerprint density at radius 2 is 1.76 bits per heavy atom. The first-order chi connectivity index (χ1) is 7.79. The third kappa shape index (κ3) is 3.40. The summed E-state index contributed by atoms with van der Waals surface area (Å²) in [5, 5.41) is 4.33. The van der Waals surface area contributed by atoms with Crippen LogP contribution in [-0.2, 0) is 20.0 Å². The van der Waals surface area contributed by atoms with Crippen molar-refractivity contribution in [3.63, 3.8) is 0 Å². The first-order valence-corrected chi connectivity index (χ1v) is 9.00. The van der Waals surface area contributed by atoms with Gasteiger partial charge in [0.1, 0.15) is 0 Å². The zero-order chi connectivity index (χ0) is 12.7. The first-order valence-electron chi connectivity index (χ1n) is 5.78. The molecule has 1 unspecified atom stereocenters. The van der Waals surface area contributed by atoms with Crippen LogP contribution in [-0.4, -0.2) is 45.2 Å². The first kappa shape index (κ1) is 13.3. The SMILES string of the molecule is NS(=O)(=O)C1CCCN(S(=O)(=O)CC2CC2)C1. The summed E-state index contributed by atoms with van der Waals surface area (Å²) in [6, 6.07) is 0. The fourth-order valence-corrected chi connectivity index (χ4v) is 5.05. The quantitative estimate of drug-likeness (QED) is 0.750. The summed E-state index contributed by atoms with van der Waals surface area (Å²) >= 11 is 0. The van der Waals surface area contributed by atoms with Gasteiger partial charge in [-0.1, -0.05) is 0 Å². The van der Waals surface area contributed by atoms with E-state index in [1.807, 2.05) is 0 Å². The van der Waals surface area contributed by atoms with E-state index in [0.29, 0.717) is 19.4 Å². The molecule has 0 amide bonds. The van der Waals surface area contributed by atoms with Gasteiger partial charge in [0, 0.05) is 13.1 Å². The molecule has 0 aromatic carbocycles. The lowest BCUT2D eigenvalue weighted by Crippen LogP contribution is -2.47. The second kappa shape index (κ2) is 4.49. The number of sulfonamides is 2. The van der Waals surface area contributed by atoms with Gasteiger partial charge in [-0.2, -0.15) is 0 Å². The predicted octanol–water partition coefficient (Wildman–Crippen LogP) is -0.521. The van der Waals surface area contributed by atoms with Crippen LogP contribution in [0.4, 0.5) is 0 Å². The van der Waals surface area contributed by atoms with Crippen molar-refractivity contribution in [3.05, 3.63) is 0 Å². The maximum Gasteiger partial charge on any atom is 0.214 e. The second-order valence-electron chi connectivity index (χ2n) is 4.93. The van der Waals surface area contributed by atoms with Gasteiger partial charge in [0.2, 0.25) is 20.0 Å². The van der Waals surface area contributed by atoms with E-state index >= 15 is 0 Å². The second-order valence-corrected chi connectivity index (χ2v) is 8.79. The standard InChI is InChI=1S/C9H18N2O4S2/c10-17(14,15)9-2-1-5-11(6-9)16(12,13)7-8-3-4-8/h8-9H,1-7H2,(H2,10,14,15). The summed E-state index contributed by atoms with van der Waals surface area (Å²) in [4.78, 5) is 0. The molecule has 1 heterocycles. The van der Waals surface area contributed by atoms with Crippen LogP contribution in [0.2, 0.25) is 0 Å². The van der Waals surface area contributed by atoms with Crippen molar-refractivity contribution >= 4 is 20.0 Å². The van der Waals surface area contributed by atoms with Crippen LogP contribution >= 0.6 is 0 Å². The third-order valence-electron chi connectivity index (χ3n) is 3.34. The largest absolute Gasteiger partial charge is 0.228 e. The lowest BCUT2D eigenvalue weighted by Gasteiger charge is -2.30. The highest BCUT2D eigenvalue weighted by molar-refractivity contribution is 7.90. The van der Waals surface area contributed by atoms with E-state index in [1.165, 1.54) is 4.31 Å². The summed E-state index contributed by atoms with van der Waals surface area (Å²) in [5.41, 5.74) is 0.